The van der Waals surface area contributed by atoms with Crippen molar-refractivity contribution >= 4 is 11.5 Å². The van der Waals surface area contributed by atoms with Crippen LogP contribution >= 0.6 is 0 Å². The summed E-state index contributed by atoms with van der Waals surface area (Å²) < 4.78 is 50.3. The van der Waals surface area contributed by atoms with E-state index in [2.05, 4.69) is 0 Å². The summed E-state index contributed by atoms with van der Waals surface area (Å²) in [5.74, 6) is -4.70. The van der Waals surface area contributed by atoms with Crippen molar-refractivity contribution in [2.45, 2.75) is 25.8 Å². The SMILES string of the molecule is CCn1c(N)c(NCC(F)(F)C(F)F)c(=O)[nH]c1=O. The molecule has 6 nitrogen and oxygen atoms in total. The van der Waals surface area contributed by atoms with Crippen molar-refractivity contribution in [2.75, 3.05) is 17.6 Å². The molecule has 0 fully saturated rings. The van der Waals surface area contributed by atoms with Gasteiger partial charge in [-0.05, 0) is 6.92 Å². The largest absolute Gasteiger partial charge is 0.383 e. The number of aromatic nitrogens is 2. The van der Waals surface area contributed by atoms with E-state index in [1.807, 2.05) is 10.3 Å². The Morgan fingerprint density at radius 3 is 2.47 bits per heavy atom. The fourth-order valence-electron chi connectivity index (χ4n) is 1.36. The monoisotopic (exact) mass is 284 g/mol. The molecule has 108 valence electrons. The normalized spacial score (nSPS) is 11.9. The highest BCUT2D eigenvalue weighted by atomic mass is 19.3. The van der Waals surface area contributed by atoms with Gasteiger partial charge in [0, 0.05) is 6.54 Å². The minimum Gasteiger partial charge on any atom is -0.383 e. The van der Waals surface area contributed by atoms with Crippen LogP contribution in [0.15, 0.2) is 9.59 Å². The Balaban J connectivity index is 3.10. The van der Waals surface area contributed by atoms with E-state index in [0.717, 1.165) is 4.57 Å². The molecule has 0 aliphatic rings. The summed E-state index contributed by atoms with van der Waals surface area (Å²) in [7, 11) is 0. The molecule has 0 saturated carbocycles. The number of nitrogens with two attached hydrogens (primary N) is 1. The first-order chi connectivity index (χ1) is 8.70. The van der Waals surface area contributed by atoms with Crippen LogP contribution in [0.5, 0.6) is 0 Å². The number of aromatic amines is 1. The summed E-state index contributed by atoms with van der Waals surface area (Å²) in [5.41, 5.74) is 3.06. The predicted molar refractivity (Wildman–Crippen MR) is 60.8 cm³/mol. The van der Waals surface area contributed by atoms with E-state index in [1.54, 1.807) is 0 Å². The molecule has 1 rings (SSSR count). The number of halogens is 4. The topological polar surface area (TPSA) is 92.9 Å². The first kappa shape index (κ1) is 15.1. The summed E-state index contributed by atoms with van der Waals surface area (Å²) in [6, 6.07) is 0. The van der Waals surface area contributed by atoms with Crippen molar-refractivity contribution in [3.05, 3.63) is 20.8 Å². The van der Waals surface area contributed by atoms with E-state index in [0.29, 0.717) is 0 Å². The lowest BCUT2D eigenvalue weighted by molar-refractivity contribution is -0.117. The molecule has 0 unspecified atom stereocenters. The lowest BCUT2D eigenvalue weighted by Gasteiger charge is -2.17. The van der Waals surface area contributed by atoms with Crippen LogP contribution in [-0.2, 0) is 6.54 Å². The molecule has 0 aromatic carbocycles. The van der Waals surface area contributed by atoms with Crippen LogP contribution in [0, 0.1) is 0 Å². The number of hydrogen-bond donors (Lipinski definition) is 3. The number of alkyl halides is 4. The van der Waals surface area contributed by atoms with E-state index in [4.69, 9.17) is 5.73 Å². The molecule has 1 aromatic heterocycles. The number of rotatable bonds is 5. The molecule has 4 N–H and O–H groups in total. The van der Waals surface area contributed by atoms with Crippen LogP contribution in [0.1, 0.15) is 6.92 Å². The van der Waals surface area contributed by atoms with Crippen LogP contribution < -0.4 is 22.3 Å². The average molecular weight is 284 g/mol. The highest BCUT2D eigenvalue weighted by molar-refractivity contribution is 5.60. The molecule has 0 radical (unpaired) electrons. The molecule has 19 heavy (non-hydrogen) atoms. The number of H-pyrrole nitrogens is 1. The van der Waals surface area contributed by atoms with Gasteiger partial charge in [0.1, 0.15) is 11.5 Å². The van der Waals surface area contributed by atoms with Crippen molar-refractivity contribution in [3.63, 3.8) is 0 Å². The van der Waals surface area contributed by atoms with Gasteiger partial charge in [-0.1, -0.05) is 0 Å². The highest BCUT2D eigenvalue weighted by Gasteiger charge is 2.40. The van der Waals surface area contributed by atoms with Gasteiger partial charge in [-0.2, -0.15) is 8.78 Å². The molecular formula is C9H12F4N4O2. The Labute approximate surface area is 104 Å². The third kappa shape index (κ3) is 3.06. The van der Waals surface area contributed by atoms with Gasteiger partial charge in [-0.25, -0.2) is 13.6 Å². The number of nitrogens with zero attached hydrogens (tertiary/aromatic N) is 1. The van der Waals surface area contributed by atoms with Crippen LogP contribution in [0.4, 0.5) is 29.1 Å². The van der Waals surface area contributed by atoms with Crippen LogP contribution in [-0.4, -0.2) is 28.4 Å². The zero-order chi connectivity index (χ0) is 14.8. The quantitative estimate of drug-likeness (QED) is 0.684. The Bertz CT molecular complexity index is 566. The minimum absolute atomic E-state index is 0.0847. The number of hydrogen-bond acceptors (Lipinski definition) is 4. The standard InChI is InChI=1S/C9H12F4N4O2/c1-2-17-5(14)4(6(18)16-8(17)19)15-3-9(12,13)7(10)11/h7,15H,2-3,14H2,1H3,(H,16,18,19). The maximum Gasteiger partial charge on any atom is 0.330 e. The minimum atomic E-state index is -4.31. The van der Waals surface area contributed by atoms with Gasteiger partial charge in [0.25, 0.3) is 5.56 Å². The summed E-state index contributed by atoms with van der Waals surface area (Å²) in [6.45, 7) is 0.148. The van der Waals surface area contributed by atoms with E-state index >= 15 is 0 Å². The van der Waals surface area contributed by atoms with E-state index in [-0.39, 0.29) is 12.4 Å². The first-order valence-electron chi connectivity index (χ1n) is 5.23. The fourth-order valence-corrected chi connectivity index (χ4v) is 1.36. The molecule has 0 atom stereocenters. The molecule has 1 aromatic rings. The molecule has 10 heteroatoms. The molecule has 0 spiro atoms. The molecule has 0 amide bonds. The number of anilines is 2. The lowest BCUT2D eigenvalue weighted by Crippen LogP contribution is -2.38. The van der Waals surface area contributed by atoms with Crippen molar-refractivity contribution in [1.82, 2.24) is 9.55 Å². The Morgan fingerprint density at radius 2 is 2.00 bits per heavy atom. The summed E-state index contributed by atoms with van der Waals surface area (Å²) >= 11 is 0. The maximum atomic E-state index is 12.7. The number of nitrogens with one attached hydrogen (secondary N) is 2. The second-order valence-electron chi connectivity index (χ2n) is 3.68. The number of nitrogen functional groups attached to an aromatic ring is 1. The molecular weight excluding hydrogens is 272 g/mol. The van der Waals surface area contributed by atoms with Gasteiger partial charge in [-0.3, -0.25) is 14.3 Å². The third-order valence-corrected chi connectivity index (χ3v) is 2.38. The maximum absolute atomic E-state index is 12.7. The van der Waals surface area contributed by atoms with Crippen LogP contribution in [0.25, 0.3) is 0 Å². The van der Waals surface area contributed by atoms with Crippen molar-refractivity contribution in [2.24, 2.45) is 0 Å². The summed E-state index contributed by atoms with van der Waals surface area (Å²) in [5, 5.41) is 1.85. The second-order valence-corrected chi connectivity index (χ2v) is 3.68. The van der Waals surface area contributed by atoms with E-state index < -0.39 is 35.8 Å². The molecule has 0 saturated heterocycles. The molecule has 0 aliphatic heterocycles. The van der Waals surface area contributed by atoms with E-state index in [1.165, 1.54) is 6.92 Å². The fraction of sp³-hybridized carbons (Fsp3) is 0.556. The molecule has 0 aliphatic carbocycles. The average Bonchev–Trinajstić information content (AvgIpc) is 2.28. The second kappa shape index (κ2) is 5.33. The Morgan fingerprint density at radius 1 is 1.42 bits per heavy atom. The van der Waals surface area contributed by atoms with Gasteiger partial charge < -0.3 is 11.1 Å². The van der Waals surface area contributed by atoms with E-state index in [9.17, 15) is 27.2 Å². The molecule has 0 bridgehead atoms. The zero-order valence-electron chi connectivity index (χ0n) is 9.84. The third-order valence-electron chi connectivity index (χ3n) is 2.38. The van der Waals surface area contributed by atoms with Crippen LogP contribution in [0.2, 0.25) is 0 Å². The highest BCUT2D eigenvalue weighted by Crippen LogP contribution is 2.23. The summed E-state index contributed by atoms with van der Waals surface area (Å²) in [6.07, 6.45) is -3.88. The Kier molecular flexibility index (Phi) is 4.22. The van der Waals surface area contributed by atoms with Gasteiger partial charge in [0.2, 0.25) is 0 Å². The van der Waals surface area contributed by atoms with Crippen molar-refractivity contribution in [1.29, 1.82) is 0 Å². The van der Waals surface area contributed by atoms with Gasteiger partial charge in [-0.15, -0.1) is 0 Å². The Hall–Kier alpha value is -2.00. The van der Waals surface area contributed by atoms with Crippen LogP contribution in [0.3, 0.4) is 0 Å². The zero-order valence-corrected chi connectivity index (χ0v) is 9.84. The smallest absolute Gasteiger partial charge is 0.330 e. The summed E-state index contributed by atoms with van der Waals surface area (Å²) in [4.78, 5) is 24.5. The van der Waals surface area contributed by atoms with Crippen molar-refractivity contribution in [3.8, 4) is 0 Å². The lowest BCUT2D eigenvalue weighted by atomic mass is 10.3. The van der Waals surface area contributed by atoms with Gasteiger partial charge in [0.05, 0.1) is 6.54 Å². The predicted octanol–water partition coefficient (Wildman–Crippen LogP) is 0.451. The van der Waals surface area contributed by atoms with Gasteiger partial charge in [0.15, 0.2) is 0 Å². The molecule has 1 heterocycles. The van der Waals surface area contributed by atoms with Gasteiger partial charge >= 0.3 is 18.0 Å². The first-order valence-corrected chi connectivity index (χ1v) is 5.23. The van der Waals surface area contributed by atoms with Crippen molar-refractivity contribution < 1.29 is 17.6 Å².